The van der Waals surface area contributed by atoms with Crippen LogP contribution in [0.4, 0.5) is 17.1 Å². The molecule has 90 valence electrons. The first kappa shape index (κ1) is 10.8. The van der Waals surface area contributed by atoms with E-state index in [0.29, 0.717) is 0 Å². The van der Waals surface area contributed by atoms with Crippen molar-refractivity contribution in [3.8, 4) is 0 Å². The molecule has 1 heterocycles. The fraction of sp³-hybridized carbons (Fsp3) is 0.133. The molecule has 3 heteroatoms. The fourth-order valence-electron chi connectivity index (χ4n) is 2.25. The van der Waals surface area contributed by atoms with Gasteiger partial charge in [-0.3, -0.25) is 4.99 Å². The van der Waals surface area contributed by atoms with Crippen molar-refractivity contribution in [2.75, 3.05) is 11.5 Å². The largest absolute Gasteiger partial charge is 0.399 e. The molecular weight excluding hydrogens is 222 g/mol. The topological polar surface area (TPSA) is 64.4 Å². The van der Waals surface area contributed by atoms with Crippen molar-refractivity contribution in [1.82, 2.24) is 0 Å². The van der Waals surface area contributed by atoms with Crippen molar-refractivity contribution >= 4 is 22.8 Å². The maximum absolute atomic E-state index is 5.78. The highest BCUT2D eigenvalue weighted by molar-refractivity contribution is 6.03. The number of anilines is 2. The number of hydrogen-bond donors (Lipinski definition) is 2. The van der Waals surface area contributed by atoms with Crippen LogP contribution in [-0.2, 0) is 6.42 Å². The van der Waals surface area contributed by atoms with Crippen LogP contribution in [0.15, 0.2) is 47.5 Å². The number of nitrogen functional groups attached to an aromatic ring is 2. The number of aliphatic imine (C=N–C) groups is 1. The molecule has 2 aromatic rings. The average Bonchev–Trinajstić information content (AvgIpc) is 2.39. The van der Waals surface area contributed by atoms with E-state index in [1.165, 1.54) is 5.56 Å². The third-order valence-corrected chi connectivity index (χ3v) is 3.23. The van der Waals surface area contributed by atoms with Crippen molar-refractivity contribution in [3.63, 3.8) is 0 Å². The maximum Gasteiger partial charge on any atom is 0.0666 e. The van der Waals surface area contributed by atoms with Gasteiger partial charge in [-0.25, -0.2) is 0 Å². The highest BCUT2D eigenvalue weighted by Gasteiger charge is 2.13. The third kappa shape index (κ3) is 1.95. The Hall–Kier alpha value is -2.29. The lowest BCUT2D eigenvalue weighted by Gasteiger charge is -2.16. The zero-order chi connectivity index (χ0) is 12.5. The van der Waals surface area contributed by atoms with Crippen LogP contribution in [0.3, 0.4) is 0 Å². The molecule has 0 atom stereocenters. The molecule has 0 aliphatic carbocycles. The van der Waals surface area contributed by atoms with E-state index in [-0.39, 0.29) is 0 Å². The van der Waals surface area contributed by atoms with Gasteiger partial charge in [-0.1, -0.05) is 12.1 Å². The van der Waals surface area contributed by atoms with Crippen molar-refractivity contribution < 1.29 is 0 Å². The Labute approximate surface area is 106 Å². The molecule has 0 unspecified atom stereocenters. The molecule has 1 aliphatic rings. The summed E-state index contributed by atoms with van der Waals surface area (Å²) in [6.07, 6.45) is 1.93. The van der Waals surface area contributed by atoms with Crippen LogP contribution >= 0.6 is 0 Å². The molecule has 0 saturated carbocycles. The Balaban J connectivity index is 2.00. The second kappa shape index (κ2) is 4.18. The second-order valence-corrected chi connectivity index (χ2v) is 4.57. The summed E-state index contributed by atoms with van der Waals surface area (Å²) in [6.45, 7) is 0. The lowest BCUT2D eigenvalue weighted by Crippen LogP contribution is -2.08. The van der Waals surface area contributed by atoms with Crippen LogP contribution in [0, 0.1) is 0 Å². The standard InChI is InChI=1S/C15H15N3/c16-12-4-1-10(2-5-12)14-7-3-11-9-13(17)6-8-15(11)18-14/h1-2,4-6,8-9H,3,7,16-17H2. The normalized spacial score (nSPS) is 13.9. The molecule has 0 spiro atoms. The summed E-state index contributed by atoms with van der Waals surface area (Å²) in [4.78, 5) is 4.71. The molecule has 18 heavy (non-hydrogen) atoms. The van der Waals surface area contributed by atoms with E-state index in [2.05, 4.69) is 0 Å². The molecule has 0 aromatic heterocycles. The van der Waals surface area contributed by atoms with E-state index in [4.69, 9.17) is 16.5 Å². The number of benzene rings is 2. The lowest BCUT2D eigenvalue weighted by atomic mass is 9.97. The number of aryl methyl sites for hydroxylation is 1. The predicted molar refractivity (Wildman–Crippen MR) is 76.2 cm³/mol. The third-order valence-electron chi connectivity index (χ3n) is 3.23. The Morgan fingerprint density at radius 2 is 1.56 bits per heavy atom. The van der Waals surface area contributed by atoms with E-state index < -0.39 is 0 Å². The van der Waals surface area contributed by atoms with Gasteiger partial charge < -0.3 is 11.5 Å². The number of hydrogen-bond acceptors (Lipinski definition) is 3. The molecule has 0 bridgehead atoms. The minimum absolute atomic E-state index is 0.781. The molecule has 0 radical (unpaired) electrons. The van der Waals surface area contributed by atoms with Crippen molar-refractivity contribution in [3.05, 3.63) is 53.6 Å². The Morgan fingerprint density at radius 3 is 2.33 bits per heavy atom. The van der Waals surface area contributed by atoms with Gasteiger partial charge in [0.1, 0.15) is 0 Å². The summed E-state index contributed by atoms with van der Waals surface area (Å²) < 4.78 is 0. The summed E-state index contributed by atoms with van der Waals surface area (Å²) in [5.41, 5.74) is 17.6. The van der Waals surface area contributed by atoms with Crippen LogP contribution in [0.5, 0.6) is 0 Å². The van der Waals surface area contributed by atoms with Crippen molar-refractivity contribution in [2.24, 2.45) is 4.99 Å². The van der Waals surface area contributed by atoms with Crippen LogP contribution in [0.1, 0.15) is 17.5 Å². The maximum atomic E-state index is 5.78. The van der Waals surface area contributed by atoms with Crippen LogP contribution in [-0.4, -0.2) is 5.71 Å². The monoisotopic (exact) mass is 237 g/mol. The fourth-order valence-corrected chi connectivity index (χ4v) is 2.25. The summed E-state index contributed by atoms with van der Waals surface area (Å²) in [5, 5.41) is 0. The van der Waals surface area contributed by atoms with Gasteiger partial charge in [-0.15, -0.1) is 0 Å². The van der Waals surface area contributed by atoms with E-state index >= 15 is 0 Å². The van der Waals surface area contributed by atoms with E-state index in [0.717, 1.165) is 41.2 Å². The summed E-state index contributed by atoms with van der Waals surface area (Å²) in [6, 6.07) is 13.8. The van der Waals surface area contributed by atoms with Crippen molar-refractivity contribution in [2.45, 2.75) is 12.8 Å². The molecule has 3 nitrogen and oxygen atoms in total. The quantitative estimate of drug-likeness (QED) is 0.749. The second-order valence-electron chi connectivity index (χ2n) is 4.57. The molecule has 0 fully saturated rings. The Morgan fingerprint density at radius 1 is 0.833 bits per heavy atom. The first-order valence-electron chi connectivity index (χ1n) is 6.04. The summed E-state index contributed by atoms with van der Waals surface area (Å²) in [5.74, 6) is 0. The van der Waals surface area contributed by atoms with Crippen LogP contribution in [0.2, 0.25) is 0 Å². The molecule has 0 amide bonds. The lowest BCUT2D eigenvalue weighted by molar-refractivity contribution is 1.01. The van der Waals surface area contributed by atoms with Crippen molar-refractivity contribution in [1.29, 1.82) is 0 Å². The smallest absolute Gasteiger partial charge is 0.0666 e. The van der Waals surface area contributed by atoms with Gasteiger partial charge in [0.05, 0.1) is 5.69 Å². The van der Waals surface area contributed by atoms with Gasteiger partial charge in [0, 0.05) is 17.1 Å². The Kier molecular flexibility index (Phi) is 2.52. The highest BCUT2D eigenvalue weighted by Crippen LogP contribution is 2.29. The minimum Gasteiger partial charge on any atom is -0.399 e. The van der Waals surface area contributed by atoms with Crippen LogP contribution < -0.4 is 11.5 Å². The summed E-state index contributed by atoms with van der Waals surface area (Å²) in [7, 11) is 0. The molecule has 1 aliphatic heterocycles. The SMILES string of the molecule is Nc1ccc(C2=Nc3ccc(N)cc3CC2)cc1. The van der Waals surface area contributed by atoms with Gasteiger partial charge in [-0.05, 0) is 54.3 Å². The van der Waals surface area contributed by atoms with E-state index in [1.54, 1.807) is 0 Å². The average molecular weight is 237 g/mol. The van der Waals surface area contributed by atoms with Gasteiger partial charge in [0.25, 0.3) is 0 Å². The number of nitrogens with zero attached hydrogens (tertiary/aromatic N) is 1. The predicted octanol–water partition coefficient (Wildman–Crippen LogP) is 2.92. The Bertz CT molecular complexity index is 612. The molecule has 0 saturated heterocycles. The zero-order valence-electron chi connectivity index (χ0n) is 10.1. The van der Waals surface area contributed by atoms with Crippen LogP contribution in [0.25, 0.3) is 0 Å². The van der Waals surface area contributed by atoms with Gasteiger partial charge in [0.2, 0.25) is 0 Å². The first-order valence-corrected chi connectivity index (χ1v) is 6.04. The van der Waals surface area contributed by atoms with E-state index in [9.17, 15) is 0 Å². The highest BCUT2D eigenvalue weighted by atomic mass is 14.8. The van der Waals surface area contributed by atoms with E-state index in [1.807, 2.05) is 42.5 Å². The van der Waals surface area contributed by atoms with Gasteiger partial charge in [-0.2, -0.15) is 0 Å². The first-order chi connectivity index (χ1) is 8.72. The molecule has 4 N–H and O–H groups in total. The van der Waals surface area contributed by atoms with Gasteiger partial charge in [0.15, 0.2) is 0 Å². The molecule has 3 rings (SSSR count). The summed E-state index contributed by atoms with van der Waals surface area (Å²) >= 11 is 0. The molecular formula is C15H15N3. The zero-order valence-corrected chi connectivity index (χ0v) is 10.1. The number of rotatable bonds is 1. The molecule has 2 aromatic carbocycles. The number of nitrogens with two attached hydrogens (primary N) is 2. The van der Waals surface area contributed by atoms with Gasteiger partial charge >= 0.3 is 0 Å². The number of fused-ring (bicyclic) bond motifs is 1. The minimum atomic E-state index is 0.781.